The molecule has 1 N–H and O–H groups in total. The maximum Gasteiger partial charge on any atom is 0.0661 e. The van der Waals surface area contributed by atoms with E-state index in [2.05, 4.69) is 30.2 Å². The van der Waals surface area contributed by atoms with Crippen LogP contribution in [-0.4, -0.2) is 23.7 Å². The van der Waals surface area contributed by atoms with E-state index in [1.54, 1.807) is 0 Å². The largest absolute Gasteiger partial charge is 0.378 e. The van der Waals surface area contributed by atoms with Crippen LogP contribution >= 0.6 is 0 Å². The second-order valence-electron chi connectivity index (χ2n) is 5.99. The van der Waals surface area contributed by atoms with Gasteiger partial charge in [-0.15, -0.1) is 0 Å². The number of nitrogens with zero attached hydrogens (tertiary/aromatic N) is 1. The Morgan fingerprint density at radius 1 is 1.53 bits per heavy atom. The first kappa shape index (κ1) is 13.1. The predicted octanol–water partition coefficient (Wildman–Crippen LogP) is 3.08. The van der Waals surface area contributed by atoms with Crippen LogP contribution in [-0.2, 0) is 4.74 Å². The number of hydrogen-bond donors (Lipinski definition) is 1. The molecule has 0 aliphatic heterocycles. The minimum Gasteiger partial charge on any atom is -0.378 e. The van der Waals surface area contributed by atoms with E-state index in [0.717, 1.165) is 6.61 Å². The molecule has 1 aromatic rings. The Morgan fingerprint density at radius 2 is 2.37 bits per heavy atom. The Bertz CT molecular complexity index is 416. The number of rotatable bonds is 5. The number of nitrogens with one attached hydrogen (secondary N) is 1. The second-order valence-corrected chi connectivity index (χ2v) is 5.99. The minimum atomic E-state index is 0.374. The molecule has 3 atom stereocenters. The Balaban J connectivity index is 1.62. The third kappa shape index (κ3) is 2.19. The lowest BCUT2D eigenvalue weighted by Crippen LogP contribution is -2.67. The van der Waals surface area contributed by atoms with Crippen LogP contribution in [0.2, 0.25) is 0 Å². The highest BCUT2D eigenvalue weighted by Gasteiger charge is 2.58. The third-order valence-corrected chi connectivity index (χ3v) is 5.07. The molecule has 0 saturated heterocycles. The molecule has 0 bridgehead atoms. The minimum absolute atomic E-state index is 0.374. The van der Waals surface area contributed by atoms with Crippen molar-refractivity contribution in [2.45, 2.75) is 57.7 Å². The van der Waals surface area contributed by atoms with Gasteiger partial charge in [-0.2, -0.15) is 0 Å². The molecule has 0 amide bonds. The fraction of sp³-hybridized carbons (Fsp3) is 0.688. The Labute approximate surface area is 115 Å². The van der Waals surface area contributed by atoms with E-state index in [9.17, 15) is 0 Å². The van der Waals surface area contributed by atoms with Gasteiger partial charge in [-0.3, -0.25) is 4.98 Å². The zero-order valence-corrected chi connectivity index (χ0v) is 11.9. The highest BCUT2D eigenvalue weighted by molar-refractivity contribution is 5.17. The van der Waals surface area contributed by atoms with E-state index >= 15 is 0 Å². The smallest absolute Gasteiger partial charge is 0.0661 e. The molecule has 1 heterocycles. The monoisotopic (exact) mass is 260 g/mol. The molecule has 104 valence electrons. The summed E-state index contributed by atoms with van der Waals surface area (Å²) < 4.78 is 5.90. The summed E-state index contributed by atoms with van der Waals surface area (Å²) in [7, 11) is 0. The normalized spacial score (nSPS) is 29.6. The zero-order valence-electron chi connectivity index (χ0n) is 11.9. The molecule has 3 heteroatoms. The van der Waals surface area contributed by atoms with E-state index < -0.39 is 0 Å². The lowest BCUT2D eigenvalue weighted by Gasteiger charge is -2.61. The van der Waals surface area contributed by atoms with Crippen LogP contribution in [0, 0.1) is 5.41 Å². The molecule has 2 fully saturated rings. The van der Waals surface area contributed by atoms with Gasteiger partial charge < -0.3 is 10.1 Å². The van der Waals surface area contributed by atoms with Gasteiger partial charge in [-0.05, 0) is 44.7 Å². The van der Waals surface area contributed by atoms with Crippen molar-refractivity contribution in [2.75, 3.05) is 6.61 Å². The summed E-state index contributed by atoms with van der Waals surface area (Å²) in [4.78, 5) is 4.21. The zero-order chi connectivity index (χ0) is 13.3. The van der Waals surface area contributed by atoms with Crippen LogP contribution in [0.5, 0.6) is 0 Å². The Morgan fingerprint density at radius 3 is 2.95 bits per heavy atom. The summed E-state index contributed by atoms with van der Waals surface area (Å²) in [6, 6.07) is 5.15. The van der Waals surface area contributed by atoms with Crippen molar-refractivity contribution >= 4 is 0 Å². The van der Waals surface area contributed by atoms with E-state index in [-0.39, 0.29) is 0 Å². The van der Waals surface area contributed by atoms with Crippen LogP contribution in [0.1, 0.15) is 51.1 Å². The summed E-state index contributed by atoms with van der Waals surface area (Å²) in [6.07, 6.45) is 9.47. The maximum atomic E-state index is 5.90. The van der Waals surface area contributed by atoms with E-state index in [4.69, 9.17) is 4.74 Å². The number of hydrogen-bond acceptors (Lipinski definition) is 3. The molecule has 19 heavy (non-hydrogen) atoms. The summed E-state index contributed by atoms with van der Waals surface area (Å²) in [5.74, 6) is 0. The lowest BCUT2D eigenvalue weighted by molar-refractivity contribution is -0.174. The quantitative estimate of drug-likeness (QED) is 0.883. The van der Waals surface area contributed by atoms with Crippen LogP contribution in [0.25, 0.3) is 0 Å². The van der Waals surface area contributed by atoms with Crippen LogP contribution in [0.3, 0.4) is 0 Å². The first-order valence-electron chi connectivity index (χ1n) is 7.54. The van der Waals surface area contributed by atoms with Crippen LogP contribution in [0.15, 0.2) is 24.5 Å². The highest BCUT2D eigenvalue weighted by atomic mass is 16.5. The Hall–Kier alpha value is -0.930. The average molecular weight is 260 g/mol. The molecule has 2 saturated carbocycles. The van der Waals surface area contributed by atoms with Crippen LogP contribution in [0.4, 0.5) is 0 Å². The standard InChI is InChI=1S/C16H24N2O/c1-3-19-15-10-14(16(15)7-5-8-16)18-12(2)13-6-4-9-17-11-13/h4,6,9,11-12,14-15,18H,3,5,7-8,10H2,1-2H3/t12-,14?,15?/m1/s1. The summed E-state index contributed by atoms with van der Waals surface area (Å²) >= 11 is 0. The molecule has 2 unspecified atom stereocenters. The van der Waals surface area contributed by atoms with Crippen molar-refractivity contribution < 1.29 is 4.74 Å². The molecule has 3 rings (SSSR count). The fourth-order valence-electron chi connectivity index (χ4n) is 3.70. The van der Waals surface area contributed by atoms with Crippen molar-refractivity contribution in [3.8, 4) is 0 Å². The van der Waals surface area contributed by atoms with Gasteiger partial charge in [-0.1, -0.05) is 12.5 Å². The highest BCUT2D eigenvalue weighted by Crippen LogP contribution is 2.57. The van der Waals surface area contributed by atoms with Crippen molar-refractivity contribution in [1.82, 2.24) is 10.3 Å². The van der Waals surface area contributed by atoms with Gasteiger partial charge in [0.1, 0.15) is 0 Å². The summed E-state index contributed by atoms with van der Waals surface area (Å²) in [5, 5.41) is 3.79. The van der Waals surface area contributed by atoms with E-state index in [1.807, 2.05) is 18.5 Å². The number of pyridine rings is 1. The molecule has 0 radical (unpaired) electrons. The molecule has 0 aromatic carbocycles. The van der Waals surface area contributed by atoms with Crippen LogP contribution < -0.4 is 5.32 Å². The summed E-state index contributed by atoms with van der Waals surface area (Å²) in [6.45, 7) is 5.18. The third-order valence-electron chi connectivity index (χ3n) is 5.07. The van der Waals surface area contributed by atoms with Gasteiger partial charge in [0.05, 0.1) is 6.10 Å². The SMILES string of the molecule is CCOC1CC(N[C@H](C)c2cccnc2)C12CCC2. The van der Waals surface area contributed by atoms with Crippen molar-refractivity contribution in [3.63, 3.8) is 0 Å². The molecule has 1 aromatic heterocycles. The van der Waals surface area contributed by atoms with Gasteiger partial charge in [0, 0.05) is 36.5 Å². The van der Waals surface area contributed by atoms with E-state index in [0.29, 0.717) is 23.6 Å². The molecule has 2 aliphatic rings. The first-order valence-corrected chi connectivity index (χ1v) is 7.54. The lowest BCUT2D eigenvalue weighted by atomic mass is 9.51. The fourth-order valence-corrected chi connectivity index (χ4v) is 3.70. The number of aromatic nitrogens is 1. The molecular formula is C16H24N2O. The predicted molar refractivity (Wildman–Crippen MR) is 75.9 cm³/mol. The summed E-state index contributed by atoms with van der Waals surface area (Å²) in [5.41, 5.74) is 1.71. The van der Waals surface area contributed by atoms with Crippen molar-refractivity contribution in [3.05, 3.63) is 30.1 Å². The van der Waals surface area contributed by atoms with Crippen molar-refractivity contribution in [2.24, 2.45) is 5.41 Å². The van der Waals surface area contributed by atoms with Gasteiger partial charge in [0.25, 0.3) is 0 Å². The number of ether oxygens (including phenoxy) is 1. The molecule has 3 nitrogen and oxygen atoms in total. The topological polar surface area (TPSA) is 34.1 Å². The maximum absolute atomic E-state index is 5.90. The second kappa shape index (κ2) is 5.22. The molecule has 1 spiro atoms. The average Bonchev–Trinajstić information content (AvgIpc) is 2.36. The first-order chi connectivity index (χ1) is 9.26. The van der Waals surface area contributed by atoms with Gasteiger partial charge in [0.2, 0.25) is 0 Å². The van der Waals surface area contributed by atoms with Gasteiger partial charge in [0.15, 0.2) is 0 Å². The molecular weight excluding hydrogens is 236 g/mol. The Kier molecular flexibility index (Phi) is 3.59. The van der Waals surface area contributed by atoms with E-state index in [1.165, 1.54) is 31.2 Å². The van der Waals surface area contributed by atoms with Gasteiger partial charge in [-0.25, -0.2) is 0 Å². The van der Waals surface area contributed by atoms with Gasteiger partial charge >= 0.3 is 0 Å². The molecule has 2 aliphatic carbocycles. The van der Waals surface area contributed by atoms with Crippen molar-refractivity contribution in [1.29, 1.82) is 0 Å².